The summed E-state index contributed by atoms with van der Waals surface area (Å²) in [7, 11) is 1.56. The van der Waals surface area contributed by atoms with Crippen molar-refractivity contribution in [2.24, 2.45) is 0 Å². The Balaban J connectivity index is 2.52. The summed E-state index contributed by atoms with van der Waals surface area (Å²) in [6.07, 6.45) is 0. The predicted molar refractivity (Wildman–Crippen MR) is 68.0 cm³/mol. The van der Waals surface area contributed by atoms with E-state index in [0.717, 1.165) is 5.56 Å². The number of ether oxygens (including phenoxy) is 2. The summed E-state index contributed by atoms with van der Waals surface area (Å²) in [5.74, 6) is -0.799. The summed E-state index contributed by atoms with van der Waals surface area (Å²) < 4.78 is 9.91. The van der Waals surface area contributed by atoms with Crippen molar-refractivity contribution >= 4 is 11.9 Å². The van der Waals surface area contributed by atoms with Crippen molar-refractivity contribution in [2.75, 3.05) is 20.3 Å². The van der Waals surface area contributed by atoms with Gasteiger partial charge >= 0.3 is 5.97 Å². The highest BCUT2D eigenvalue weighted by Crippen LogP contribution is 2.23. The highest BCUT2D eigenvalue weighted by atomic mass is 16.5. The molecule has 1 rings (SSSR count). The Morgan fingerprint density at radius 1 is 1.32 bits per heavy atom. The molecule has 6 nitrogen and oxygen atoms in total. The summed E-state index contributed by atoms with van der Waals surface area (Å²) in [6, 6.07) is 7.09. The van der Waals surface area contributed by atoms with Crippen LogP contribution in [-0.4, -0.2) is 37.3 Å². The number of carboxylic acid groups (broad SMARTS) is 1. The van der Waals surface area contributed by atoms with Gasteiger partial charge in [-0.15, -0.1) is 0 Å². The Kier molecular flexibility index (Phi) is 5.81. The van der Waals surface area contributed by atoms with Gasteiger partial charge in [0.05, 0.1) is 13.2 Å². The predicted octanol–water partition coefficient (Wildman–Crippen LogP) is 0.974. The van der Waals surface area contributed by atoms with Crippen LogP contribution in [0.3, 0.4) is 0 Å². The Morgan fingerprint density at radius 2 is 2.00 bits per heavy atom. The monoisotopic (exact) mass is 267 g/mol. The third-order valence-electron chi connectivity index (χ3n) is 2.44. The number of hydrogen-bond donors (Lipinski definition) is 2. The largest absolute Gasteiger partial charge is 0.496 e. The summed E-state index contributed by atoms with van der Waals surface area (Å²) in [5, 5.41) is 11.1. The van der Waals surface area contributed by atoms with Crippen molar-refractivity contribution in [1.82, 2.24) is 5.32 Å². The van der Waals surface area contributed by atoms with Gasteiger partial charge in [-0.3, -0.25) is 4.79 Å². The third-order valence-corrected chi connectivity index (χ3v) is 2.44. The van der Waals surface area contributed by atoms with Crippen LogP contribution in [0, 0.1) is 0 Å². The zero-order chi connectivity index (χ0) is 14.3. The molecule has 2 N–H and O–H groups in total. The second-order valence-electron chi connectivity index (χ2n) is 3.92. The first-order chi connectivity index (χ1) is 9.04. The van der Waals surface area contributed by atoms with Gasteiger partial charge in [0.15, 0.2) is 0 Å². The van der Waals surface area contributed by atoms with E-state index in [4.69, 9.17) is 14.6 Å². The van der Waals surface area contributed by atoms with Crippen LogP contribution in [0.4, 0.5) is 0 Å². The van der Waals surface area contributed by atoms with Crippen LogP contribution in [-0.2, 0) is 14.3 Å². The molecule has 1 amide bonds. The van der Waals surface area contributed by atoms with Gasteiger partial charge in [-0.25, -0.2) is 4.79 Å². The van der Waals surface area contributed by atoms with Crippen LogP contribution in [0.1, 0.15) is 18.5 Å². The van der Waals surface area contributed by atoms with Gasteiger partial charge in [0.1, 0.15) is 19.0 Å². The number of carbonyl (C=O) groups excluding carboxylic acids is 1. The van der Waals surface area contributed by atoms with E-state index in [9.17, 15) is 9.59 Å². The van der Waals surface area contributed by atoms with E-state index in [1.807, 2.05) is 25.1 Å². The van der Waals surface area contributed by atoms with Gasteiger partial charge in [-0.1, -0.05) is 18.2 Å². The third kappa shape index (κ3) is 4.97. The van der Waals surface area contributed by atoms with E-state index in [0.29, 0.717) is 5.75 Å². The molecule has 0 bridgehead atoms. The molecule has 0 aliphatic carbocycles. The van der Waals surface area contributed by atoms with Crippen LogP contribution >= 0.6 is 0 Å². The first-order valence-electron chi connectivity index (χ1n) is 5.76. The van der Waals surface area contributed by atoms with Crippen molar-refractivity contribution in [3.05, 3.63) is 29.8 Å². The normalized spacial score (nSPS) is 11.7. The lowest BCUT2D eigenvalue weighted by molar-refractivity contribution is -0.143. The average molecular weight is 267 g/mol. The second-order valence-corrected chi connectivity index (χ2v) is 3.92. The molecular formula is C13H17NO5. The number of hydrogen-bond acceptors (Lipinski definition) is 4. The molecule has 0 aliphatic rings. The van der Waals surface area contributed by atoms with E-state index in [1.54, 1.807) is 13.2 Å². The zero-order valence-corrected chi connectivity index (χ0v) is 10.9. The Labute approximate surface area is 111 Å². The van der Waals surface area contributed by atoms with Gasteiger partial charge in [0.25, 0.3) is 0 Å². The minimum atomic E-state index is -1.11. The molecule has 1 unspecified atom stereocenters. The fraction of sp³-hybridized carbons (Fsp3) is 0.385. The molecule has 1 aromatic carbocycles. The van der Waals surface area contributed by atoms with Gasteiger partial charge < -0.3 is 19.9 Å². The number of carbonyl (C=O) groups is 2. The summed E-state index contributed by atoms with van der Waals surface area (Å²) >= 11 is 0. The standard InChI is InChI=1S/C13H17NO5/c1-9(10-5-3-4-6-11(10)18-2)14-12(15)7-19-8-13(16)17/h3-6,9H,7-8H2,1-2H3,(H,14,15)(H,16,17). The number of amides is 1. The van der Waals surface area contributed by atoms with Crippen molar-refractivity contribution in [2.45, 2.75) is 13.0 Å². The molecule has 19 heavy (non-hydrogen) atoms. The zero-order valence-electron chi connectivity index (χ0n) is 10.9. The fourth-order valence-corrected chi connectivity index (χ4v) is 1.62. The van der Waals surface area contributed by atoms with Crippen molar-refractivity contribution in [1.29, 1.82) is 0 Å². The van der Waals surface area contributed by atoms with Crippen LogP contribution < -0.4 is 10.1 Å². The Morgan fingerprint density at radius 3 is 2.63 bits per heavy atom. The molecule has 6 heteroatoms. The average Bonchev–Trinajstić information content (AvgIpc) is 2.38. The number of methoxy groups -OCH3 is 1. The lowest BCUT2D eigenvalue weighted by Crippen LogP contribution is -2.31. The van der Waals surface area contributed by atoms with E-state index >= 15 is 0 Å². The maximum Gasteiger partial charge on any atom is 0.329 e. The lowest BCUT2D eigenvalue weighted by Gasteiger charge is -2.17. The molecule has 0 heterocycles. The van der Waals surface area contributed by atoms with Crippen LogP contribution in [0.5, 0.6) is 5.75 Å². The van der Waals surface area contributed by atoms with E-state index in [-0.39, 0.29) is 18.6 Å². The maximum absolute atomic E-state index is 11.5. The first kappa shape index (κ1) is 15.0. The highest BCUT2D eigenvalue weighted by molar-refractivity contribution is 5.78. The minimum Gasteiger partial charge on any atom is -0.496 e. The number of carboxylic acids is 1. The van der Waals surface area contributed by atoms with E-state index in [1.165, 1.54) is 0 Å². The summed E-state index contributed by atoms with van der Waals surface area (Å²) in [6.45, 7) is 1.04. The molecule has 0 saturated carbocycles. The topological polar surface area (TPSA) is 84.9 Å². The fourth-order valence-electron chi connectivity index (χ4n) is 1.62. The minimum absolute atomic E-state index is 0.253. The molecule has 1 aromatic rings. The quantitative estimate of drug-likeness (QED) is 0.769. The molecule has 0 saturated heterocycles. The van der Waals surface area contributed by atoms with Crippen molar-refractivity contribution in [3.8, 4) is 5.75 Å². The molecule has 0 spiro atoms. The molecular weight excluding hydrogens is 250 g/mol. The molecule has 1 atom stereocenters. The SMILES string of the molecule is COc1ccccc1C(C)NC(=O)COCC(=O)O. The smallest absolute Gasteiger partial charge is 0.329 e. The van der Waals surface area contributed by atoms with Crippen LogP contribution in [0.15, 0.2) is 24.3 Å². The van der Waals surface area contributed by atoms with Gasteiger partial charge in [-0.2, -0.15) is 0 Å². The van der Waals surface area contributed by atoms with Crippen LogP contribution in [0.2, 0.25) is 0 Å². The summed E-state index contributed by atoms with van der Waals surface area (Å²) in [4.78, 5) is 21.8. The lowest BCUT2D eigenvalue weighted by atomic mass is 10.1. The molecule has 0 aromatic heterocycles. The van der Waals surface area contributed by atoms with Gasteiger partial charge in [0.2, 0.25) is 5.91 Å². The van der Waals surface area contributed by atoms with E-state index in [2.05, 4.69) is 5.32 Å². The van der Waals surface area contributed by atoms with Crippen molar-refractivity contribution < 1.29 is 24.2 Å². The number of aliphatic carboxylic acids is 1. The van der Waals surface area contributed by atoms with Crippen LogP contribution in [0.25, 0.3) is 0 Å². The van der Waals surface area contributed by atoms with Gasteiger partial charge in [0, 0.05) is 5.56 Å². The molecule has 0 radical (unpaired) electrons. The number of para-hydroxylation sites is 1. The maximum atomic E-state index is 11.5. The highest BCUT2D eigenvalue weighted by Gasteiger charge is 2.13. The Bertz CT molecular complexity index is 446. The number of rotatable bonds is 7. The molecule has 0 aliphatic heterocycles. The number of benzene rings is 1. The molecule has 104 valence electrons. The van der Waals surface area contributed by atoms with Gasteiger partial charge in [-0.05, 0) is 13.0 Å². The molecule has 0 fully saturated rings. The van der Waals surface area contributed by atoms with Crippen molar-refractivity contribution in [3.63, 3.8) is 0 Å². The number of nitrogens with one attached hydrogen (secondary N) is 1. The van der Waals surface area contributed by atoms with E-state index < -0.39 is 12.6 Å². The first-order valence-corrected chi connectivity index (χ1v) is 5.76. The Hall–Kier alpha value is -2.08. The summed E-state index contributed by atoms with van der Waals surface area (Å²) in [5.41, 5.74) is 0.844. The second kappa shape index (κ2) is 7.38.